The first-order valence-corrected chi connectivity index (χ1v) is 18.5. The van der Waals surface area contributed by atoms with E-state index >= 15 is 0 Å². The van der Waals surface area contributed by atoms with Crippen molar-refractivity contribution in [3.8, 4) is 0 Å². The van der Waals surface area contributed by atoms with Gasteiger partial charge in [0.15, 0.2) is 0 Å². The van der Waals surface area contributed by atoms with Crippen LogP contribution in [0.2, 0.25) is 0 Å². The summed E-state index contributed by atoms with van der Waals surface area (Å²) >= 11 is 0. The summed E-state index contributed by atoms with van der Waals surface area (Å²) in [6.07, 6.45) is 9.12. The van der Waals surface area contributed by atoms with Gasteiger partial charge in [-0.25, -0.2) is 18.4 Å². The van der Waals surface area contributed by atoms with Crippen LogP contribution in [0.25, 0.3) is 21.5 Å². The molecule has 4 aromatic carbocycles. The zero-order valence-electron chi connectivity index (χ0n) is 30.4. The number of hydrogen-bond acceptors (Lipinski definition) is 4. The van der Waals surface area contributed by atoms with Crippen LogP contribution in [-0.4, -0.2) is 34.1 Å². The molecule has 0 unspecified atom stereocenters. The number of amides is 4. The van der Waals surface area contributed by atoms with Gasteiger partial charge < -0.3 is 21.3 Å². The molecule has 0 saturated heterocycles. The van der Waals surface area contributed by atoms with Gasteiger partial charge in [0.05, 0.1) is 11.4 Å². The molecule has 6 aromatic rings. The first-order chi connectivity index (χ1) is 26.2. The highest BCUT2D eigenvalue weighted by Gasteiger charge is 2.28. The normalized spacial score (nSPS) is 19.2. The first-order valence-electron chi connectivity index (χ1n) is 18.5. The molecule has 8 nitrogen and oxygen atoms in total. The Balaban J connectivity index is 0.000000167. The largest absolute Gasteiger partial charge is 0.335 e. The van der Waals surface area contributed by atoms with E-state index in [0.717, 1.165) is 60.7 Å². The lowest BCUT2D eigenvalue weighted by atomic mass is 9.98. The van der Waals surface area contributed by atoms with Gasteiger partial charge in [0.1, 0.15) is 11.6 Å². The maximum Gasteiger partial charge on any atom is 0.319 e. The summed E-state index contributed by atoms with van der Waals surface area (Å²) in [7, 11) is 0. The summed E-state index contributed by atoms with van der Waals surface area (Å²) in [6, 6.07) is 29.8. The summed E-state index contributed by atoms with van der Waals surface area (Å²) in [4.78, 5) is 33.4. The molecule has 2 aliphatic carbocycles. The molecule has 4 N–H and O–H groups in total. The zero-order valence-corrected chi connectivity index (χ0v) is 30.4. The number of anilines is 2. The molecule has 4 atom stereocenters. The van der Waals surface area contributed by atoms with Crippen molar-refractivity contribution in [3.05, 3.63) is 144 Å². The van der Waals surface area contributed by atoms with Gasteiger partial charge in [-0.3, -0.25) is 9.97 Å². The van der Waals surface area contributed by atoms with E-state index in [4.69, 9.17) is 0 Å². The van der Waals surface area contributed by atoms with E-state index < -0.39 is 11.6 Å². The van der Waals surface area contributed by atoms with Crippen molar-refractivity contribution >= 4 is 45.0 Å². The van der Waals surface area contributed by atoms with E-state index in [9.17, 15) is 18.4 Å². The van der Waals surface area contributed by atoms with Crippen molar-refractivity contribution in [2.45, 2.75) is 76.3 Å². The van der Waals surface area contributed by atoms with Crippen LogP contribution >= 0.6 is 0 Å². The van der Waals surface area contributed by atoms with Crippen molar-refractivity contribution < 1.29 is 18.4 Å². The van der Waals surface area contributed by atoms with Crippen molar-refractivity contribution in [1.82, 2.24) is 20.6 Å². The fourth-order valence-corrected chi connectivity index (χ4v) is 7.79. The molecule has 0 radical (unpaired) electrons. The second-order valence-corrected chi connectivity index (χ2v) is 14.4. The van der Waals surface area contributed by atoms with Gasteiger partial charge in [-0.1, -0.05) is 60.7 Å². The SMILES string of the molecule is Cc1cc2c(NC(=O)N[C@@H]3CC[C@@H](c4ccccc4)C3)c(F)ccc2cn1.Cc1cc2c(NC(=O)N[C@H]3CC[C@@H](c4ccccc4)C3)c(F)ccc2cn1. The molecule has 10 heteroatoms. The number of aryl methyl sites for hydroxylation is 2. The van der Waals surface area contributed by atoms with Crippen LogP contribution in [0.1, 0.15) is 72.9 Å². The smallest absolute Gasteiger partial charge is 0.319 e. The number of rotatable bonds is 6. The number of aromatic nitrogens is 2. The Morgan fingerprint density at radius 3 is 1.39 bits per heavy atom. The van der Waals surface area contributed by atoms with Gasteiger partial charge >= 0.3 is 12.1 Å². The Morgan fingerprint density at radius 2 is 0.981 bits per heavy atom. The zero-order chi connectivity index (χ0) is 37.6. The van der Waals surface area contributed by atoms with Gasteiger partial charge in [0.2, 0.25) is 0 Å². The average molecular weight is 727 g/mol. The van der Waals surface area contributed by atoms with Crippen LogP contribution in [0, 0.1) is 25.5 Å². The van der Waals surface area contributed by atoms with Gasteiger partial charge in [0, 0.05) is 57.4 Å². The molecule has 2 aliphatic rings. The van der Waals surface area contributed by atoms with E-state index in [1.807, 2.05) is 50.2 Å². The van der Waals surface area contributed by atoms with Crippen LogP contribution in [0.3, 0.4) is 0 Å². The van der Waals surface area contributed by atoms with Crippen molar-refractivity contribution in [1.29, 1.82) is 0 Å². The fraction of sp³-hybridized carbons (Fsp3) is 0.273. The number of nitrogens with one attached hydrogen (secondary N) is 4. The first kappa shape index (κ1) is 36.5. The van der Waals surface area contributed by atoms with Crippen LogP contribution < -0.4 is 21.3 Å². The molecule has 0 bridgehead atoms. The molecular formula is C44H44F2N6O2. The van der Waals surface area contributed by atoms with E-state index in [1.54, 1.807) is 36.7 Å². The quantitative estimate of drug-likeness (QED) is 0.137. The summed E-state index contributed by atoms with van der Waals surface area (Å²) < 4.78 is 28.7. The fourth-order valence-electron chi connectivity index (χ4n) is 7.79. The standard InChI is InChI=1S/2C22H22FN3O/c2*1-14-11-19-17(13-24-14)8-10-20(23)21(19)26-22(27)25-18-9-7-16(12-18)15-5-3-2-4-6-15/h2*2-6,8,10-11,13,16,18H,7,9,12H2,1H3,(H2,25,26,27)/t16-,18+;16-,18-/m11/s1. The second kappa shape index (κ2) is 16.4. The third-order valence-electron chi connectivity index (χ3n) is 10.5. The van der Waals surface area contributed by atoms with Crippen LogP contribution in [-0.2, 0) is 0 Å². The number of pyridine rings is 2. The molecule has 0 aliphatic heterocycles. The molecule has 2 saturated carbocycles. The molecule has 0 spiro atoms. The summed E-state index contributed by atoms with van der Waals surface area (Å²) in [5.74, 6) is 0.0210. The van der Waals surface area contributed by atoms with E-state index in [-0.39, 0.29) is 35.5 Å². The number of urea groups is 2. The van der Waals surface area contributed by atoms with E-state index in [1.165, 1.54) is 23.3 Å². The maximum atomic E-state index is 14.3. The Bertz CT molecular complexity index is 2100. The molecule has 2 heterocycles. The highest BCUT2D eigenvalue weighted by Crippen LogP contribution is 2.36. The Kier molecular flexibility index (Phi) is 11.1. The highest BCUT2D eigenvalue weighted by molar-refractivity contribution is 6.02. The third kappa shape index (κ3) is 8.65. The van der Waals surface area contributed by atoms with Crippen LogP contribution in [0.5, 0.6) is 0 Å². The van der Waals surface area contributed by atoms with Gasteiger partial charge in [-0.15, -0.1) is 0 Å². The lowest BCUT2D eigenvalue weighted by molar-refractivity contribution is 0.247. The average Bonchev–Trinajstić information content (AvgIpc) is 3.85. The van der Waals surface area contributed by atoms with Crippen molar-refractivity contribution in [3.63, 3.8) is 0 Å². The number of nitrogens with zero attached hydrogens (tertiary/aromatic N) is 2. The van der Waals surface area contributed by atoms with Gasteiger partial charge in [-0.2, -0.15) is 0 Å². The second-order valence-electron chi connectivity index (χ2n) is 14.4. The summed E-state index contributed by atoms with van der Waals surface area (Å²) in [5.41, 5.74) is 4.58. The minimum Gasteiger partial charge on any atom is -0.335 e. The number of halogens is 2. The molecule has 54 heavy (non-hydrogen) atoms. The monoisotopic (exact) mass is 726 g/mol. The minimum atomic E-state index is -0.447. The molecular weight excluding hydrogens is 683 g/mol. The lowest BCUT2D eigenvalue weighted by Gasteiger charge is -2.16. The molecule has 276 valence electrons. The predicted octanol–water partition coefficient (Wildman–Crippen LogP) is 10.3. The molecule has 4 amide bonds. The molecule has 8 rings (SSSR count). The summed E-state index contributed by atoms with van der Waals surface area (Å²) in [5, 5.41) is 14.3. The molecule has 2 fully saturated rings. The third-order valence-corrected chi connectivity index (χ3v) is 10.5. The van der Waals surface area contributed by atoms with Crippen LogP contribution in [0.15, 0.2) is 109 Å². The van der Waals surface area contributed by atoms with Gasteiger partial charge in [-0.05, 0) is 112 Å². The van der Waals surface area contributed by atoms with Crippen molar-refractivity contribution in [2.24, 2.45) is 0 Å². The number of benzene rings is 4. The molecule has 2 aromatic heterocycles. The van der Waals surface area contributed by atoms with Crippen LogP contribution in [0.4, 0.5) is 29.7 Å². The predicted molar refractivity (Wildman–Crippen MR) is 211 cm³/mol. The maximum absolute atomic E-state index is 14.3. The van der Waals surface area contributed by atoms with Gasteiger partial charge in [0.25, 0.3) is 0 Å². The number of hydrogen-bond donors (Lipinski definition) is 4. The number of carbonyl (C=O) groups excluding carboxylic acids is 2. The van der Waals surface area contributed by atoms with E-state index in [2.05, 4.69) is 55.5 Å². The summed E-state index contributed by atoms with van der Waals surface area (Å²) in [6.45, 7) is 3.69. The number of carbonyl (C=O) groups is 2. The Labute approximate surface area is 313 Å². The van der Waals surface area contributed by atoms with E-state index in [0.29, 0.717) is 22.6 Å². The number of fused-ring (bicyclic) bond motifs is 2. The minimum absolute atomic E-state index is 0.0941. The topological polar surface area (TPSA) is 108 Å². The Morgan fingerprint density at radius 1 is 0.574 bits per heavy atom. The Hall–Kier alpha value is -5.90. The highest BCUT2D eigenvalue weighted by atomic mass is 19.1. The van der Waals surface area contributed by atoms with Crippen molar-refractivity contribution in [2.75, 3.05) is 10.6 Å². The lowest BCUT2D eigenvalue weighted by Crippen LogP contribution is -2.36.